The van der Waals surface area contributed by atoms with Gasteiger partial charge in [0.1, 0.15) is 6.04 Å². The highest BCUT2D eigenvalue weighted by Crippen LogP contribution is 2.22. The minimum Gasteiger partial charge on any atom is -0.480 e. The Balaban J connectivity index is 2.44. The number of rotatable bonds is 3. The molecule has 0 spiro atoms. The number of nitrogens with one attached hydrogen (secondary N) is 1. The third kappa shape index (κ3) is 2.01. The number of para-hydroxylation sites is 1. The predicted octanol–water partition coefficient (Wildman–Crippen LogP) is 1.10. The van der Waals surface area contributed by atoms with Crippen LogP contribution in [0.25, 0.3) is 10.9 Å². The normalized spacial score (nSPS) is 12.2. The van der Waals surface area contributed by atoms with E-state index in [1.807, 2.05) is 18.2 Å². The van der Waals surface area contributed by atoms with Gasteiger partial charge in [-0.2, -0.15) is 0 Å². The van der Waals surface area contributed by atoms with Crippen LogP contribution in [0.3, 0.4) is 0 Å². The number of aromatic nitrogens is 1. The molecule has 1 atom stereocenters. The maximum absolute atomic E-state index is 10.7. The predicted molar refractivity (Wildman–Crippen MR) is 65.5 cm³/mol. The van der Waals surface area contributed by atoms with Gasteiger partial charge in [-0.05, 0) is 11.6 Å². The summed E-state index contributed by atoms with van der Waals surface area (Å²) < 4.78 is 0. The molecule has 2 aromatic rings. The Labute approximate surface area is 98.4 Å². The lowest BCUT2D eigenvalue weighted by molar-refractivity contribution is -0.138. The van der Waals surface area contributed by atoms with E-state index in [0.29, 0.717) is 0 Å². The summed E-state index contributed by atoms with van der Waals surface area (Å²) in [6.07, 6.45) is 7.43. The molecule has 0 aliphatic carbocycles. The molecule has 0 bridgehead atoms. The molecule has 0 radical (unpaired) electrons. The van der Waals surface area contributed by atoms with E-state index < -0.39 is 12.0 Å². The van der Waals surface area contributed by atoms with Crippen molar-refractivity contribution in [2.45, 2.75) is 12.5 Å². The Hall–Kier alpha value is -2.25. The van der Waals surface area contributed by atoms with E-state index in [2.05, 4.69) is 10.9 Å². The van der Waals surface area contributed by atoms with E-state index in [9.17, 15) is 4.79 Å². The first-order chi connectivity index (χ1) is 8.13. The van der Waals surface area contributed by atoms with Gasteiger partial charge < -0.3 is 15.8 Å². The summed E-state index contributed by atoms with van der Waals surface area (Å²) in [6.45, 7) is 0. The highest BCUT2D eigenvalue weighted by molar-refractivity contribution is 5.88. The maximum atomic E-state index is 10.7. The average Bonchev–Trinajstić information content (AvgIpc) is 2.72. The topological polar surface area (TPSA) is 79.1 Å². The van der Waals surface area contributed by atoms with Gasteiger partial charge in [0.05, 0.1) is 5.52 Å². The molecule has 1 aromatic carbocycles. The van der Waals surface area contributed by atoms with Crippen LogP contribution in [0, 0.1) is 12.3 Å². The van der Waals surface area contributed by atoms with E-state index >= 15 is 0 Å². The van der Waals surface area contributed by atoms with Crippen LogP contribution in [0.5, 0.6) is 0 Å². The molecule has 0 saturated carbocycles. The maximum Gasteiger partial charge on any atom is 0.320 e. The number of hydrogen-bond acceptors (Lipinski definition) is 2. The van der Waals surface area contributed by atoms with Crippen LogP contribution in [0.2, 0.25) is 0 Å². The standard InChI is InChI=1S/C13H12N2O2/c1-2-8-4-3-5-10-9(7-15-12(8)10)6-11(14)13(16)17/h1,3-5,7,11,15H,6,14H2,(H,16,17)/t11-/m0/s1. The van der Waals surface area contributed by atoms with Crippen LogP contribution in [0.15, 0.2) is 24.4 Å². The van der Waals surface area contributed by atoms with E-state index in [1.165, 1.54) is 0 Å². The van der Waals surface area contributed by atoms with Crippen LogP contribution in [0.4, 0.5) is 0 Å². The average molecular weight is 228 g/mol. The number of benzene rings is 1. The minimum atomic E-state index is -1.01. The van der Waals surface area contributed by atoms with Crippen molar-refractivity contribution in [2.75, 3.05) is 0 Å². The van der Waals surface area contributed by atoms with Crippen molar-refractivity contribution in [3.05, 3.63) is 35.5 Å². The zero-order valence-corrected chi connectivity index (χ0v) is 9.10. The van der Waals surface area contributed by atoms with E-state index in [1.54, 1.807) is 6.20 Å². The van der Waals surface area contributed by atoms with Crippen molar-refractivity contribution in [3.63, 3.8) is 0 Å². The lowest BCUT2D eigenvalue weighted by atomic mass is 10.0. The number of nitrogens with two attached hydrogens (primary N) is 1. The van der Waals surface area contributed by atoms with Crippen molar-refractivity contribution in [1.82, 2.24) is 4.98 Å². The van der Waals surface area contributed by atoms with Crippen LogP contribution in [0.1, 0.15) is 11.1 Å². The zero-order chi connectivity index (χ0) is 12.4. The number of carboxylic acid groups (broad SMARTS) is 1. The van der Waals surface area contributed by atoms with Gasteiger partial charge in [0.15, 0.2) is 0 Å². The number of aromatic amines is 1. The lowest BCUT2D eigenvalue weighted by Gasteiger charge is -2.04. The first kappa shape index (κ1) is 11.2. The SMILES string of the molecule is C#Cc1cccc2c(C[C@H](N)C(=O)O)c[nH]c12. The van der Waals surface area contributed by atoms with Crippen LogP contribution < -0.4 is 5.73 Å². The molecule has 0 saturated heterocycles. The monoisotopic (exact) mass is 228 g/mol. The fourth-order valence-electron chi connectivity index (χ4n) is 1.83. The molecule has 0 aliphatic heterocycles. The molecule has 0 unspecified atom stereocenters. The molecule has 4 N–H and O–H groups in total. The Morgan fingerprint density at radius 2 is 2.35 bits per heavy atom. The third-order valence-corrected chi connectivity index (χ3v) is 2.71. The fourth-order valence-corrected chi connectivity index (χ4v) is 1.83. The number of terminal acetylenes is 1. The van der Waals surface area contributed by atoms with E-state index in [-0.39, 0.29) is 6.42 Å². The van der Waals surface area contributed by atoms with Crippen LogP contribution in [-0.2, 0) is 11.2 Å². The molecule has 0 fully saturated rings. The summed E-state index contributed by atoms with van der Waals surface area (Å²) in [5.74, 6) is 1.57. The quantitative estimate of drug-likeness (QED) is 0.688. The molecule has 17 heavy (non-hydrogen) atoms. The van der Waals surface area contributed by atoms with Gasteiger partial charge in [0.2, 0.25) is 0 Å². The largest absolute Gasteiger partial charge is 0.480 e. The summed E-state index contributed by atoms with van der Waals surface area (Å²) in [7, 11) is 0. The summed E-state index contributed by atoms with van der Waals surface area (Å²) in [5, 5.41) is 9.71. The number of fused-ring (bicyclic) bond motifs is 1. The molecule has 2 rings (SSSR count). The molecule has 4 nitrogen and oxygen atoms in total. The molecular formula is C13H12N2O2. The summed E-state index contributed by atoms with van der Waals surface area (Å²) >= 11 is 0. The number of aliphatic carboxylic acids is 1. The van der Waals surface area contributed by atoms with Crippen LogP contribution >= 0.6 is 0 Å². The van der Waals surface area contributed by atoms with Gasteiger partial charge in [-0.3, -0.25) is 4.79 Å². The lowest BCUT2D eigenvalue weighted by Crippen LogP contribution is -2.32. The number of carbonyl (C=O) groups is 1. The van der Waals surface area contributed by atoms with Crippen molar-refractivity contribution in [2.24, 2.45) is 5.73 Å². The summed E-state index contributed by atoms with van der Waals surface area (Å²) in [5.41, 5.74) is 7.99. The highest BCUT2D eigenvalue weighted by Gasteiger charge is 2.15. The Kier molecular flexibility index (Phi) is 2.86. The summed E-state index contributed by atoms with van der Waals surface area (Å²) in [4.78, 5) is 13.8. The number of carboxylic acids is 1. The zero-order valence-electron chi connectivity index (χ0n) is 9.10. The van der Waals surface area contributed by atoms with E-state index in [4.69, 9.17) is 17.3 Å². The van der Waals surface area contributed by atoms with Crippen LogP contribution in [-0.4, -0.2) is 22.1 Å². The highest BCUT2D eigenvalue weighted by atomic mass is 16.4. The van der Waals surface area contributed by atoms with Crippen molar-refractivity contribution >= 4 is 16.9 Å². The number of H-pyrrole nitrogens is 1. The molecule has 4 heteroatoms. The van der Waals surface area contributed by atoms with Gasteiger partial charge in [-0.25, -0.2) is 0 Å². The first-order valence-electron chi connectivity index (χ1n) is 5.17. The second-order valence-electron chi connectivity index (χ2n) is 3.84. The fraction of sp³-hybridized carbons (Fsp3) is 0.154. The van der Waals surface area contributed by atoms with Gasteiger partial charge in [-0.15, -0.1) is 6.42 Å². The van der Waals surface area contributed by atoms with Gasteiger partial charge >= 0.3 is 5.97 Å². The second-order valence-corrected chi connectivity index (χ2v) is 3.84. The molecule has 1 heterocycles. The molecule has 1 aromatic heterocycles. The molecular weight excluding hydrogens is 216 g/mol. The third-order valence-electron chi connectivity index (χ3n) is 2.71. The Bertz CT molecular complexity index is 607. The molecule has 86 valence electrons. The second kappa shape index (κ2) is 4.32. The molecule has 0 aliphatic rings. The van der Waals surface area contributed by atoms with Gasteiger partial charge in [-0.1, -0.05) is 18.1 Å². The van der Waals surface area contributed by atoms with Crippen molar-refractivity contribution < 1.29 is 9.90 Å². The van der Waals surface area contributed by atoms with Crippen molar-refractivity contribution in [1.29, 1.82) is 0 Å². The first-order valence-corrected chi connectivity index (χ1v) is 5.17. The smallest absolute Gasteiger partial charge is 0.320 e. The number of hydrogen-bond donors (Lipinski definition) is 3. The molecule has 0 amide bonds. The minimum absolute atomic E-state index is 0.281. The van der Waals surface area contributed by atoms with E-state index in [0.717, 1.165) is 22.0 Å². The van der Waals surface area contributed by atoms with Crippen molar-refractivity contribution in [3.8, 4) is 12.3 Å². The van der Waals surface area contributed by atoms with Gasteiger partial charge in [0, 0.05) is 23.6 Å². The summed E-state index contributed by atoms with van der Waals surface area (Å²) in [6, 6.07) is 4.68. The Morgan fingerprint density at radius 1 is 1.59 bits per heavy atom. The Morgan fingerprint density at radius 3 is 3.00 bits per heavy atom. The van der Waals surface area contributed by atoms with Gasteiger partial charge in [0.25, 0.3) is 0 Å².